The lowest BCUT2D eigenvalue weighted by Gasteiger charge is -2.22. The quantitative estimate of drug-likeness (QED) is 0.745. The summed E-state index contributed by atoms with van der Waals surface area (Å²) >= 11 is 0. The molecule has 1 atom stereocenters. The van der Waals surface area contributed by atoms with Gasteiger partial charge in [0.15, 0.2) is 11.6 Å². The van der Waals surface area contributed by atoms with Gasteiger partial charge in [0.05, 0.1) is 7.11 Å². The van der Waals surface area contributed by atoms with Crippen molar-refractivity contribution in [1.82, 2.24) is 0 Å². The lowest BCUT2D eigenvalue weighted by Crippen LogP contribution is -2.17. The summed E-state index contributed by atoms with van der Waals surface area (Å²) in [6.07, 6.45) is 2.94. The van der Waals surface area contributed by atoms with E-state index in [0.29, 0.717) is 5.75 Å². The summed E-state index contributed by atoms with van der Waals surface area (Å²) in [7, 11) is 1.47. The predicted molar refractivity (Wildman–Crippen MR) is 52.8 cm³/mol. The Morgan fingerprint density at radius 1 is 1.50 bits per heavy atom. The Balaban J connectivity index is 2.49. The molecule has 3 heteroatoms. The first-order valence-corrected chi connectivity index (χ1v) is 4.84. The molecule has 0 spiro atoms. The molecule has 0 aliphatic heterocycles. The van der Waals surface area contributed by atoms with E-state index < -0.39 is 0 Å². The number of ether oxygens (including phenoxy) is 1. The van der Waals surface area contributed by atoms with E-state index in [1.165, 1.54) is 7.11 Å². The highest BCUT2D eigenvalue weighted by Gasteiger charge is 2.19. The van der Waals surface area contributed by atoms with Gasteiger partial charge in [0.25, 0.3) is 0 Å². The third kappa shape index (κ3) is 1.48. The maximum Gasteiger partial charge on any atom is 0.165 e. The molecule has 1 aromatic carbocycles. The van der Waals surface area contributed by atoms with Crippen LogP contribution in [0.25, 0.3) is 0 Å². The zero-order valence-corrected chi connectivity index (χ0v) is 8.22. The average Bonchev–Trinajstić information content (AvgIpc) is 2.17. The van der Waals surface area contributed by atoms with Crippen molar-refractivity contribution in [3.63, 3.8) is 0 Å². The van der Waals surface area contributed by atoms with Crippen molar-refractivity contribution < 1.29 is 9.13 Å². The van der Waals surface area contributed by atoms with Crippen molar-refractivity contribution in [3.8, 4) is 5.75 Å². The molecule has 1 aliphatic rings. The van der Waals surface area contributed by atoms with E-state index in [4.69, 9.17) is 10.5 Å². The normalized spacial score (nSPS) is 20.4. The monoisotopic (exact) mass is 195 g/mol. The molecule has 0 saturated carbocycles. The van der Waals surface area contributed by atoms with Crippen LogP contribution in [0.1, 0.15) is 30.0 Å². The minimum absolute atomic E-state index is 0.0354. The summed E-state index contributed by atoms with van der Waals surface area (Å²) in [5, 5.41) is 0. The van der Waals surface area contributed by atoms with Gasteiger partial charge in [-0.25, -0.2) is 4.39 Å². The second-order valence-electron chi connectivity index (χ2n) is 3.68. The molecule has 14 heavy (non-hydrogen) atoms. The van der Waals surface area contributed by atoms with Crippen molar-refractivity contribution in [1.29, 1.82) is 0 Å². The van der Waals surface area contributed by atoms with Crippen molar-refractivity contribution in [2.75, 3.05) is 7.11 Å². The molecule has 0 saturated heterocycles. The van der Waals surface area contributed by atoms with Gasteiger partial charge < -0.3 is 10.5 Å². The Hall–Kier alpha value is -1.09. The lowest BCUT2D eigenvalue weighted by molar-refractivity contribution is 0.383. The van der Waals surface area contributed by atoms with E-state index in [9.17, 15) is 4.39 Å². The second kappa shape index (κ2) is 3.58. The van der Waals surface area contributed by atoms with Crippen LogP contribution in [0.15, 0.2) is 12.1 Å². The highest BCUT2D eigenvalue weighted by Crippen LogP contribution is 2.32. The molecule has 0 bridgehead atoms. The van der Waals surface area contributed by atoms with Crippen LogP contribution in [0.5, 0.6) is 5.75 Å². The second-order valence-corrected chi connectivity index (χ2v) is 3.68. The summed E-state index contributed by atoms with van der Waals surface area (Å²) in [5.74, 6) is 0.00134. The zero-order chi connectivity index (χ0) is 10.1. The molecule has 0 unspecified atom stereocenters. The zero-order valence-electron chi connectivity index (χ0n) is 8.22. The molecule has 1 aromatic rings. The molecule has 1 aliphatic carbocycles. The third-order valence-corrected chi connectivity index (χ3v) is 2.77. The highest BCUT2D eigenvalue weighted by atomic mass is 19.1. The molecular weight excluding hydrogens is 181 g/mol. The average molecular weight is 195 g/mol. The Bertz CT molecular complexity index is 351. The number of fused-ring (bicyclic) bond motifs is 1. The van der Waals surface area contributed by atoms with Crippen LogP contribution in [0, 0.1) is 5.82 Å². The van der Waals surface area contributed by atoms with Gasteiger partial charge in [0, 0.05) is 6.04 Å². The molecule has 0 aromatic heterocycles. The molecular formula is C11H14FNO. The van der Waals surface area contributed by atoms with E-state index in [0.717, 1.165) is 30.4 Å². The highest BCUT2D eigenvalue weighted by molar-refractivity contribution is 5.40. The van der Waals surface area contributed by atoms with Crippen LogP contribution in [0.3, 0.4) is 0 Å². The first kappa shape index (κ1) is 9.46. The first-order chi connectivity index (χ1) is 6.72. The number of hydrogen-bond donors (Lipinski definition) is 1. The summed E-state index contributed by atoms with van der Waals surface area (Å²) < 4.78 is 18.3. The van der Waals surface area contributed by atoms with Crippen LogP contribution >= 0.6 is 0 Å². The van der Waals surface area contributed by atoms with Crippen molar-refractivity contribution in [2.24, 2.45) is 5.73 Å². The van der Waals surface area contributed by atoms with E-state index in [1.54, 1.807) is 12.1 Å². The van der Waals surface area contributed by atoms with Gasteiger partial charge in [-0.05, 0) is 42.5 Å². The molecule has 0 heterocycles. The number of aryl methyl sites for hydroxylation is 1. The van der Waals surface area contributed by atoms with E-state index in [1.807, 2.05) is 0 Å². The summed E-state index contributed by atoms with van der Waals surface area (Å²) in [4.78, 5) is 0. The van der Waals surface area contributed by atoms with Crippen molar-refractivity contribution in [3.05, 3.63) is 29.1 Å². The van der Waals surface area contributed by atoms with Crippen LogP contribution in [-0.4, -0.2) is 7.11 Å². The van der Waals surface area contributed by atoms with E-state index >= 15 is 0 Å². The van der Waals surface area contributed by atoms with Gasteiger partial charge in [-0.3, -0.25) is 0 Å². The minimum atomic E-state index is -0.291. The fraction of sp³-hybridized carbons (Fsp3) is 0.455. The predicted octanol–water partition coefficient (Wildman–Crippen LogP) is 2.17. The molecule has 76 valence electrons. The number of rotatable bonds is 1. The Kier molecular flexibility index (Phi) is 2.42. The number of methoxy groups -OCH3 is 1. The van der Waals surface area contributed by atoms with Gasteiger partial charge in [-0.15, -0.1) is 0 Å². The molecule has 2 N–H and O–H groups in total. The maximum atomic E-state index is 13.3. The number of hydrogen-bond acceptors (Lipinski definition) is 2. The van der Waals surface area contributed by atoms with Crippen LogP contribution in [0.4, 0.5) is 4.39 Å². The molecule has 2 nitrogen and oxygen atoms in total. The maximum absolute atomic E-state index is 13.3. The van der Waals surface area contributed by atoms with Crippen molar-refractivity contribution >= 4 is 0 Å². The van der Waals surface area contributed by atoms with Crippen LogP contribution in [0.2, 0.25) is 0 Å². The van der Waals surface area contributed by atoms with E-state index in [2.05, 4.69) is 0 Å². The molecule has 0 radical (unpaired) electrons. The summed E-state index contributed by atoms with van der Waals surface area (Å²) in [6.45, 7) is 0. The summed E-state index contributed by atoms with van der Waals surface area (Å²) in [6, 6.07) is 3.31. The lowest BCUT2D eigenvalue weighted by atomic mass is 9.88. The number of nitrogens with two attached hydrogens (primary N) is 1. The van der Waals surface area contributed by atoms with Gasteiger partial charge in [-0.1, -0.05) is 0 Å². The Morgan fingerprint density at radius 2 is 2.29 bits per heavy atom. The van der Waals surface area contributed by atoms with Crippen LogP contribution in [-0.2, 0) is 6.42 Å². The summed E-state index contributed by atoms with van der Waals surface area (Å²) in [5.41, 5.74) is 8.01. The van der Waals surface area contributed by atoms with Crippen LogP contribution < -0.4 is 10.5 Å². The van der Waals surface area contributed by atoms with Crippen molar-refractivity contribution in [2.45, 2.75) is 25.3 Å². The fourth-order valence-electron chi connectivity index (χ4n) is 2.00. The minimum Gasteiger partial charge on any atom is -0.494 e. The molecule has 0 amide bonds. The SMILES string of the molecule is COc1cc2c(cc1F)CCC[C@@H]2N. The Labute approximate surface area is 82.9 Å². The molecule has 0 fully saturated rings. The smallest absolute Gasteiger partial charge is 0.165 e. The van der Waals surface area contributed by atoms with Gasteiger partial charge in [0.2, 0.25) is 0 Å². The Morgan fingerprint density at radius 3 is 3.00 bits per heavy atom. The number of benzene rings is 1. The van der Waals surface area contributed by atoms with E-state index in [-0.39, 0.29) is 11.9 Å². The standard InChI is InChI=1S/C11H14FNO/c1-14-11-6-8-7(5-9(11)12)3-2-4-10(8)13/h5-6,10H,2-4,13H2,1H3/t10-/m0/s1. The molecule has 2 rings (SSSR count). The first-order valence-electron chi connectivity index (χ1n) is 4.84. The topological polar surface area (TPSA) is 35.2 Å². The number of halogens is 1. The van der Waals surface area contributed by atoms with Gasteiger partial charge >= 0.3 is 0 Å². The van der Waals surface area contributed by atoms with Gasteiger partial charge in [0.1, 0.15) is 0 Å². The van der Waals surface area contributed by atoms with Gasteiger partial charge in [-0.2, -0.15) is 0 Å². The largest absolute Gasteiger partial charge is 0.494 e. The third-order valence-electron chi connectivity index (χ3n) is 2.77. The fourth-order valence-corrected chi connectivity index (χ4v) is 2.00.